The summed E-state index contributed by atoms with van der Waals surface area (Å²) in [6.07, 6.45) is 2.62. The average Bonchev–Trinajstić information content (AvgIpc) is 2.41. The van der Waals surface area contributed by atoms with Crippen LogP contribution in [0.3, 0.4) is 0 Å². The molecule has 5 heteroatoms. The van der Waals surface area contributed by atoms with Crippen molar-refractivity contribution in [3.63, 3.8) is 0 Å². The van der Waals surface area contributed by atoms with E-state index < -0.39 is 12.0 Å². The number of alkyl halides is 1. The lowest BCUT2D eigenvalue weighted by Gasteiger charge is -2.37. The second-order valence-electron chi connectivity index (χ2n) is 6.22. The van der Waals surface area contributed by atoms with Gasteiger partial charge in [-0.2, -0.15) is 0 Å². The van der Waals surface area contributed by atoms with Gasteiger partial charge in [-0.1, -0.05) is 6.07 Å². The fourth-order valence-electron chi connectivity index (χ4n) is 2.91. The molecule has 0 radical (unpaired) electrons. The van der Waals surface area contributed by atoms with Crippen LogP contribution in [-0.4, -0.2) is 18.7 Å². The highest BCUT2D eigenvalue weighted by Gasteiger charge is 2.35. The molecule has 3 nitrogen and oxygen atoms in total. The first-order valence-electron chi connectivity index (χ1n) is 7.77. The minimum atomic E-state index is -1.08. The Kier molecular flexibility index (Phi) is 5.75. The zero-order valence-corrected chi connectivity index (χ0v) is 12.9. The molecular weight excluding hydrogens is 288 g/mol. The zero-order chi connectivity index (χ0) is 16.1. The van der Waals surface area contributed by atoms with Gasteiger partial charge in [0.25, 0.3) is 0 Å². The van der Waals surface area contributed by atoms with Crippen LogP contribution in [0.1, 0.15) is 37.7 Å². The largest absolute Gasteiger partial charge is 0.487 e. The summed E-state index contributed by atoms with van der Waals surface area (Å²) >= 11 is 0. The molecule has 0 heterocycles. The van der Waals surface area contributed by atoms with E-state index in [4.69, 9.17) is 10.5 Å². The lowest BCUT2D eigenvalue weighted by molar-refractivity contribution is -0.118. The third-order valence-corrected chi connectivity index (χ3v) is 4.30. The van der Waals surface area contributed by atoms with Crippen LogP contribution in [0.25, 0.3) is 0 Å². The van der Waals surface area contributed by atoms with Crippen LogP contribution in [-0.2, 0) is 4.79 Å². The van der Waals surface area contributed by atoms with Gasteiger partial charge in [-0.15, -0.1) is 0 Å². The smallest absolute Gasteiger partial charge is 0.217 e. The third-order valence-electron chi connectivity index (χ3n) is 4.30. The van der Waals surface area contributed by atoms with Crippen molar-refractivity contribution in [2.45, 2.75) is 45.2 Å². The number of primary amides is 1. The minimum absolute atomic E-state index is 0.0218. The van der Waals surface area contributed by atoms with Gasteiger partial charge in [0.2, 0.25) is 5.91 Å². The maximum absolute atomic E-state index is 14.1. The molecule has 1 unspecified atom stereocenters. The molecule has 1 amide bonds. The van der Waals surface area contributed by atoms with Crippen molar-refractivity contribution in [3.8, 4) is 5.75 Å². The van der Waals surface area contributed by atoms with E-state index in [0.29, 0.717) is 12.3 Å². The second-order valence-corrected chi connectivity index (χ2v) is 6.22. The summed E-state index contributed by atoms with van der Waals surface area (Å²) in [6.45, 7) is 1.72. The quantitative estimate of drug-likeness (QED) is 0.798. The van der Waals surface area contributed by atoms with Crippen LogP contribution in [0.2, 0.25) is 0 Å². The number of carbonyl (C=O) groups is 1. The molecule has 1 aromatic carbocycles. The van der Waals surface area contributed by atoms with Crippen LogP contribution in [0.15, 0.2) is 18.2 Å². The molecule has 1 saturated carbocycles. The van der Waals surface area contributed by atoms with Crippen LogP contribution in [0.4, 0.5) is 8.78 Å². The van der Waals surface area contributed by atoms with Crippen LogP contribution in [0.5, 0.6) is 5.75 Å². The topological polar surface area (TPSA) is 52.3 Å². The number of halogens is 2. The number of nitrogens with two attached hydrogens (primary N) is 1. The van der Waals surface area contributed by atoms with Gasteiger partial charge >= 0.3 is 0 Å². The molecule has 0 bridgehead atoms. The van der Waals surface area contributed by atoms with E-state index in [1.165, 1.54) is 6.07 Å². The van der Waals surface area contributed by atoms with Crippen molar-refractivity contribution in [2.75, 3.05) is 6.61 Å². The number of amides is 1. The van der Waals surface area contributed by atoms with Gasteiger partial charge in [-0.3, -0.25) is 4.79 Å². The van der Waals surface area contributed by atoms with E-state index in [9.17, 15) is 13.6 Å². The van der Waals surface area contributed by atoms with Crippen molar-refractivity contribution < 1.29 is 18.3 Å². The predicted octanol–water partition coefficient (Wildman–Crippen LogP) is 3.53. The van der Waals surface area contributed by atoms with Crippen LogP contribution >= 0.6 is 0 Å². The van der Waals surface area contributed by atoms with E-state index in [2.05, 4.69) is 0 Å². The Morgan fingerprint density at radius 2 is 2.18 bits per heavy atom. The highest BCUT2D eigenvalue weighted by atomic mass is 19.1. The molecule has 0 saturated heterocycles. The van der Waals surface area contributed by atoms with Crippen molar-refractivity contribution in [1.29, 1.82) is 0 Å². The van der Waals surface area contributed by atoms with E-state index in [1.54, 1.807) is 12.1 Å². The van der Waals surface area contributed by atoms with Gasteiger partial charge < -0.3 is 10.5 Å². The molecule has 0 aliphatic heterocycles. The average molecular weight is 311 g/mol. The summed E-state index contributed by atoms with van der Waals surface area (Å²) in [7, 11) is 0. The first-order chi connectivity index (χ1) is 10.5. The van der Waals surface area contributed by atoms with E-state index in [1.807, 2.05) is 6.92 Å². The lowest BCUT2D eigenvalue weighted by atomic mass is 9.70. The summed E-state index contributed by atoms with van der Waals surface area (Å²) in [5, 5.41) is 0. The summed E-state index contributed by atoms with van der Waals surface area (Å²) in [6, 6.07) is 4.56. The molecule has 1 atom stereocenters. The van der Waals surface area contributed by atoms with Gasteiger partial charge in [0.05, 0.1) is 0 Å². The summed E-state index contributed by atoms with van der Waals surface area (Å²) < 4.78 is 32.8. The number of carbonyl (C=O) groups excluding carboxylic acids is 1. The molecule has 122 valence electrons. The standard InChI is InChI=1S/C17H23F2NO2/c1-11-5-6-14(18)16(7-11)22-10-15(19)13-8-12(9-13)3-2-4-17(20)21/h5-7,12-13,15H,2-4,8-10H2,1H3,(H2,20,21). The number of hydrogen-bond donors (Lipinski definition) is 1. The minimum Gasteiger partial charge on any atom is -0.487 e. The van der Waals surface area contributed by atoms with Crippen molar-refractivity contribution in [2.24, 2.45) is 17.6 Å². The number of benzene rings is 1. The second kappa shape index (κ2) is 7.56. The molecule has 0 aromatic heterocycles. The van der Waals surface area contributed by atoms with Crippen molar-refractivity contribution in [3.05, 3.63) is 29.6 Å². The maximum Gasteiger partial charge on any atom is 0.217 e. The molecule has 2 rings (SSSR count). The molecular formula is C17H23F2NO2. The van der Waals surface area contributed by atoms with Crippen LogP contribution in [0, 0.1) is 24.6 Å². The Morgan fingerprint density at radius 3 is 2.86 bits per heavy atom. The maximum atomic E-state index is 14.1. The Balaban J connectivity index is 1.68. The SMILES string of the molecule is Cc1ccc(F)c(OCC(F)C2CC(CCCC(N)=O)C2)c1. The highest BCUT2D eigenvalue weighted by molar-refractivity contribution is 5.73. The number of hydrogen-bond acceptors (Lipinski definition) is 2. The molecule has 22 heavy (non-hydrogen) atoms. The third kappa shape index (κ3) is 4.68. The summed E-state index contributed by atoms with van der Waals surface area (Å²) in [5.74, 6) is -0.187. The number of ether oxygens (including phenoxy) is 1. The fourth-order valence-corrected chi connectivity index (χ4v) is 2.91. The normalized spacial score (nSPS) is 22.0. The molecule has 1 aromatic rings. The van der Waals surface area contributed by atoms with Gasteiger partial charge in [0.15, 0.2) is 11.6 Å². The number of aryl methyl sites for hydroxylation is 1. The molecule has 1 aliphatic carbocycles. The zero-order valence-electron chi connectivity index (χ0n) is 12.9. The summed E-state index contributed by atoms with van der Waals surface area (Å²) in [4.78, 5) is 10.6. The number of rotatable bonds is 8. The predicted molar refractivity (Wildman–Crippen MR) is 80.8 cm³/mol. The van der Waals surface area contributed by atoms with Gasteiger partial charge in [0, 0.05) is 6.42 Å². The summed E-state index contributed by atoms with van der Waals surface area (Å²) in [5.41, 5.74) is 5.96. The first-order valence-corrected chi connectivity index (χ1v) is 7.77. The Bertz CT molecular complexity index is 515. The molecule has 1 aliphatic rings. The van der Waals surface area contributed by atoms with E-state index >= 15 is 0 Å². The Labute approximate surface area is 129 Å². The highest BCUT2D eigenvalue weighted by Crippen LogP contribution is 2.40. The monoisotopic (exact) mass is 311 g/mol. The lowest BCUT2D eigenvalue weighted by Crippen LogP contribution is -2.34. The van der Waals surface area contributed by atoms with Crippen molar-refractivity contribution in [1.82, 2.24) is 0 Å². The molecule has 0 spiro atoms. The van der Waals surface area contributed by atoms with Gasteiger partial charge in [-0.25, -0.2) is 8.78 Å². The fraction of sp³-hybridized carbons (Fsp3) is 0.588. The first kappa shape index (κ1) is 16.7. The van der Waals surface area contributed by atoms with E-state index in [0.717, 1.165) is 31.2 Å². The Hall–Kier alpha value is -1.65. The van der Waals surface area contributed by atoms with E-state index in [-0.39, 0.29) is 24.2 Å². The van der Waals surface area contributed by atoms with Crippen LogP contribution < -0.4 is 10.5 Å². The Morgan fingerprint density at radius 1 is 1.45 bits per heavy atom. The van der Waals surface area contributed by atoms with Crippen molar-refractivity contribution >= 4 is 5.91 Å². The van der Waals surface area contributed by atoms with Gasteiger partial charge in [0.1, 0.15) is 12.8 Å². The molecule has 1 fully saturated rings. The molecule has 2 N–H and O–H groups in total. The van der Waals surface area contributed by atoms with Gasteiger partial charge in [-0.05, 0) is 62.1 Å².